The zero-order chi connectivity index (χ0) is 14.8. The summed E-state index contributed by atoms with van der Waals surface area (Å²) >= 11 is 0. The van der Waals surface area contributed by atoms with Crippen molar-refractivity contribution in [3.05, 3.63) is 0 Å². The van der Waals surface area contributed by atoms with Gasteiger partial charge in [0.05, 0.1) is 6.04 Å². The minimum atomic E-state index is -0.00988. The first-order valence-corrected chi connectivity index (χ1v) is 8.33. The molecule has 0 aromatic carbocycles. The second-order valence-corrected chi connectivity index (χ2v) is 6.01. The molecule has 2 N–H and O–H groups in total. The van der Waals surface area contributed by atoms with Crippen molar-refractivity contribution >= 4 is 5.91 Å². The number of hydrogen-bond acceptors (Lipinski definition) is 3. The Bertz CT molecular complexity index is 271. The maximum Gasteiger partial charge on any atom is 0.239 e. The summed E-state index contributed by atoms with van der Waals surface area (Å²) in [5.41, 5.74) is 0. The highest BCUT2D eigenvalue weighted by Gasteiger charge is 2.32. The van der Waals surface area contributed by atoms with E-state index in [-0.39, 0.29) is 18.6 Å². The Kier molecular flexibility index (Phi) is 8.86. The first-order chi connectivity index (χ1) is 9.70. The van der Waals surface area contributed by atoms with E-state index in [1.54, 1.807) is 0 Å². The molecule has 1 aliphatic rings. The number of carbonyl (C=O) groups excluding carboxylic acids is 1. The van der Waals surface area contributed by atoms with Gasteiger partial charge in [-0.05, 0) is 31.7 Å². The van der Waals surface area contributed by atoms with Crippen molar-refractivity contribution in [1.29, 1.82) is 0 Å². The van der Waals surface area contributed by atoms with Gasteiger partial charge in [-0.25, -0.2) is 0 Å². The maximum absolute atomic E-state index is 12.6. The van der Waals surface area contributed by atoms with Gasteiger partial charge in [0.25, 0.3) is 0 Å². The number of hydrogen-bond donors (Lipinski definition) is 2. The van der Waals surface area contributed by atoms with Crippen LogP contribution in [0.3, 0.4) is 0 Å². The fraction of sp³-hybridized carbons (Fsp3) is 0.938. The van der Waals surface area contributed by atoms with Crippen LogP contribution in [0.5, 0.6) is 0 Å². The summed E-state index contributed by atoms with van der Waals surface area (Å²) in [7, 11) is 0. The minimum absolute atomic E-state index is 0.00988. The van der Waals surface area contributed by atoms with Crippen LogP contribution in [0.25, 0.3) is 0 Å². The van der Waals surface area contributed by atoms with Gasteiger partial charge in [-0.15, -0.1) is 0 Å². The molecule has 0 aliphatic carbocycles. The summed E-state index contributed by atoms with van der Waals surface area (Å²) in [6.45, 7) is 6.99. The predicted molar refractivity (Wildman–Crippen MR) is 82.6 cm³/mol. The van der Waals surface area contributed by atoms with E-state index >= 15 is 0 Å². The molecule has 1 saturated heterocycles. The number of amides is 1. The largest absolute Gasteiger partial charge is 0.396 e. The zero-order valence-corrected chi connectivity index (χ0v) is 13.2. The smallest absolute Gasteiger partial charge is 0.239 e. The van der Waals surface area contributed by atoms with Gasteiger partial charge >= 0.3 is 0 Å². The van der Waals surface area contributed by atoms with E-state index in [4.69, 9.17) is 5.11 Å². The Balaban J connectivity index is 2.39. The zero-order valence-electron chi connectivity index (χ0n) is 13.2. The van der Waals surface area contributed by atoms with Crippen LogP contribution in [0.2, 0.25) is 0 Å². The first kappa shape index (κ1) is 17.4. The number of rotatable bonds is 10. The third kappa shape index (κ3) is 5.80. The molecular formula is C16H32N2O2. The van der Waals surface area contributed by atoms with E-state index in [1.807, 2.05) is 4.90 Å². The van der Waals surface area contributed by atoms with Crippen molar-refractivity contribution < 1.29 is 9.90 Å². The lowest BCUT2D eigenvalue weighted by Crippen LogP contribution is -2.46. The Labute approximate surface area is 123 Å². The average Bonchev–Trinajstić information content (AvgIpc) is 2.87. The van der Waals surface area contributed by atoms with E-state index in [1.165, 1.54) is 25.7 Å². The van der Waals surface area contributed by atoms with Gasteiger partial charge in [0.2, 0.25) is 5.91 Å². The summed E-state index contributed by atoms with van der Waals surface area (Å²) in [6.07, 6.45) is 7.84. The van der Waals surface area contributed by atoms with Crippen LogP contribution in [-0.4, -0.2) is 48.2 Å². The topological polar surface area (TPSA) is 52.6 Å². The number of unbranched alkanes of at least 4 members (excludes halogenated alkanes) is 4. The molecule has 0 aromatic rings. The molecule has 0 bridgehead atoms. The fourth-order valence-electron chi connectivity index (χ4n) is 2.86. The van der Waals surface area contributed by atoms with E-state index < -0.39 is 0 Å². The van der Waals surface area contributed by atoms with Crippen LogP contribution in [0.1, 0.15) is 58.8 Å². The van der Waals surface area contributed by atoms with Crippen molar-refractivity contribution in [2.75, 3.05) is 26.2 Å². The molecule has 1 fully saturated rings. The van der Waals surface area contributed by atoms with Crippen LogP contribution >= 0.6 is 0 Å². The predicted octanol–water partition coefficient (Wildman–Crippen LogP) is 2.17. The molecule has 1 heterocycles. The Hall–Kier alpha value is -0.610. The molecular weight excluding hydrogens is 252 g/mol. The average molecular weight is 284 g/mol. The highest BCUT2D eigenvalue weighted by atomic mass is 16.3. The molecule has 0 spiro atoms. The molecule has 1 rings (SSSR count). The molecule has 118 valence electrons. The quantitative estimate of drug-likeness (QED) is 0.605. The molecule has 1 aliphatic heterocycles. The van der Waals surface area contributed by atoms with Crippen LogP contribution in [-0.2, 0) is 4.79 Å². The Morgan fingerprint density at radius 2 is 1.90 bits per heavy atom. The van der Waals surface area contributed by atoms with E-state index in [0.29, 0.717) is 18.9 Å². The number of carbonyl (C=O) groups is 1. The molecule has 2 unspecified atom stereocenters. The van der Waals surface area contributed by atoms with E-state index in [9.17, 15) is 4.79 Å². The fourth-order valence-corrected chi connectivity index (χ4v) is 2.86. The maximum atomic E-state index is 12.6. The van der Waals surface area contributed by atoms with Gasteiger partial charge in [0.1, 0.15) is 0 Å². The Morgan fingerprint density at radius 3 is 2.50 bits per heavy atom. The van der Waals surface area contributed by atoms with Crippen LogP contribution in [0, 0.1) is 5.92 Å². The normalized spacial score (nSPS) is 22.1. The monoisotopic (exact) mass is 284 g/mol. The molecule has 20 heavy (non-hydrogen) atoms. The number of aliphatic hydroxyl groups excluding tert-OH is 1. The summed E-state index contributed by atoms with van der Waals surface area (Å²) < 4.78 is 0. The standard InChI is InChI=1S/C16H32N2O2/c1-3-4-5-6-7-11-18(12-8-13-19)16(20)15-14(2)9-10-17-15/h14-15,17,19H,3-13H2,1-2H3. The third-order valence-corrected chi connectivity index (χ3v) is 4.23. The van der Waals surface area contributed by atoms with Gasteiger partial charge in [-0.1, -0.05) is 39.5 Å². The summed E-state index contributed by atoms with van der Waals surface area (Å²) in [5.74, 6) is 0.665. The highest BCUT2D eigenvalue weighted by molar-refractivity contribution is 5.82. The molecule has 1 amide bonds. The lowest BCUT2D eigenvalue weighted by molar-refractivity contribution is -0.134. The summed E-state index contributed by atoms with van der Waals surface area (Å²) in [5, 5.41) is 12.3. The molecule has 0 aromatic heterocycles. The number of aliphatic hydroxyl groups is 1. The van der Waals surface area contributed by atoms with Crippen LogP contribution < -0.4 is 5.32 Å². The van der Waals surface area contributed by atoms with Crippen molar-refractivity contribution in [2.45, 2.75) is 64.8 Å². The van der Waals surface area contributed by atoms with Gasteiger partial charge in [0.15, 0.2) is 0 Å². The van der Waals surface area contributed by atoms with Crippen molar-refractivity contribution in [1.82, 2.24) is 10.2 Å². The lowest BCUT2D eigenvalue weighted by atomic mass is 10.0. The molecule has 0 radical (unpaired) electrons. The van der Waals surface area contributed by atoms with Gasteiger partial charge in [0, 0.05) is 19.7 Å². The van der Waals surface area contributed by atoms with E-state index in [0.717, 1.165) is 25.9 Å². The van der Waals surface area contributed by atoms with Crippen LogP contribution in [0.15, 0.2) is 0 Å². The van der Waals surface area contributed by atoms with Crippen molar-refractivity contribution in [3.8, 4) is 0 Å². The second kappa shape index (κ2) is 10.2. The number of nitrogens with zero attached hydrogens (tertiary/aromatic N) is 1. The highest BCUT2D eigenvalue weighted by Crippen LogP contribution is 2.17. The molecule has 2 atom stereocenters. The first-order valence-electron chi connectivity index (χ1n) is 8.33. The van der Waals surface area contributed by atoms with Crippen molar-refractivity contribution in [2.24, 2.45) is 5.92 Å². The van der Waals surface area contributed by atoms with Crippen molar-refractivity contribution in [3.63, 3.8) is 0 Å². The lowest BCUT2D eigenvalue weighted by Gasteiger charge is -2.27. The summed E-state index contributed by atoms with van der Waals surface area (Å²) in [4.78, 5) is 14.5. The SMILES string of the molecule is CCCCCCCN(CCCO)C(=O)C1NCCC1C. The third-order valence-electron chi connectivity index (χ3n) is 4.23. The van der Waals surface area contributed by atoms with Crippen LogP contribution in [0.4, 0.5) is 0 Å². The van der Waals surface area contributed by atoms with Gasteiger partial charge in [-0.2, -0.15) is 0 Å². The minimum Gasteiger partial charge on any atom is -0.396 e. The summed E-state index contributed by atoms with van der Waals surface area (Å²) in [6, 6.07) is -0.00988. The second-order valence-electron chi connectivity index (χ2n) is 6.01. The molecule has 4 heteroatoms. The number of nitrogens with one attached hydrogen (secondary N) is 1. The molecule has 4 nitrogen and oxygen atoms in total. The Morgan fingerprint density at radius 1 is 1.20 bits per heavy atom. The van der Waals surface area contributed by atoms with Gasteiger partial charge < -0.3 is 15.3 Å². The van der Waals surface area contributed by atoms with E-state index in [2.05, 4.69) is 19.2 Å². The van der Waals surface area contributed by atoms with Gasteiger partial charge in [-0.3, -0.25) is 4.79 Å². The molecule has 0 saturated carbocycles.